The van der Waals surface area contributed by atoms with Gasteiger partial charge >= 0.3 is 0 Å². The van der Waals surface area contributed by atoms with E-state index in [1.807, 2.05) is 19.2 Å². The number of nitrogens with one attached hydrogen (secondary N) is 2. The fourth-order valence-corrected chi connectivity index (χ4v) is 1.14. The third-order valence-corrected chi connectivity index (χ3v) is 1.69. The van der Waals surface area contributed by atoms with Gasteiger partial charge in [0.05, 0.1) is 17.1 Å². The summed E-state index contributed by atoms with van der Waals surface area (Å²) in [6.07, 6.45) is 1.92. The molecule has 0 amide bonds. The molecule has 0 aliphatic carbocycles. The lowest BCUT2D eigenvalue weighted by molar-refractivity contribution is 1.10. The molecular weight excluding hydrogens is 126 g/mol. The molecule has 1 aromatic heterocycles. The average Bonchev–Trinajstić information content (AvgIpc) is 2.36. The first kappa shape index (κ1) is 5.53. The molecule has 0 saturated heterocycles. The molecule has 0 saturated carbocycles. The third-order valence-electron chi connectivity index (χ3n) is 1.69. The van der Waals surface area contributed by atoms with Crippen LogP contribution in [0.5, 0.6) is 0 Å². The molecule has 0 aromatic carbocycles. The highest BCUT2D eigenvalue weighted by molar-refractivity contribution is 6.02. The van der Waals surface area contributed by atoms with Crippen LogP contribution in [0.1, 0.15) is 12.6 Å². The van der Waals surface area contributed by atoms with Gasteiger partial charge in [-0.25, -0.2) is 0 Å². The summed E-state index contributed by atoms with van der Waals surface area (Å²) >= 11 is 0. The smallest absolute Gasteiger partial charge is 0.108 e. The predicted molar refractivity (Wildman–Crippen MR) is 41.5 cm³/mol. The van der Waals surface area contributed by atoms with Gasteiger partial charge in [0.1, 0.15) is 6.67 Å². The SMILES string of the molecule is CC1=NCNc2cc[nH]c21. The van der Waals surface area contributed by atoms with Crippen molar-refractivity contribution in [1.82, 2.24) is 4.98 Å². The van der Waals surface area contributed by atoms with Crippen LogP contribution in [0.4, 0.5) is 5.69 Å². The zero-order valence-electron chi connectivity index (χ0n) is 5.81. The van der Waals surface area contributed by atoms with Gasteiger partial charge < -0.3 is 10.3 Å². The number of aromatic nitrogens is 1. The lowest BCUT2D eigenvalue weighted by atomic mass is 10.2. The van der Waals surface area contributed by atoms with Crippen molar-refractivity contribution in [2.45, 2.75) is 6.92 Å². The van der Waals surface area contributed by atoms with E-state index in [-0.39, 0.29) is 0 Å². The molecule has 3 heteroatoms. The molecule has 2 heterocycles. The summed E-state index contributed by atoms with van der Waals surface area (Å²) in [6.45, 7) is 2.72. The Labute approximate surface area is 59.2 Å². The summed E-state index contributed by atoms with van der Waals surface area (Å²) in [5.74, 6) is 0. The van der Waals surface area contributed by atoms with Crippen molar-refractivity contribution in [1.29, 1.82) is 0 Å². The Kier molecular flexibility index (Phi) is 1.03. The first-order valence-corrected chi connectivity index (χ1v) is 3.30. The summed E-state index contributed by atoms with van der Waals surface area (Å²) in [5, 5.41) is 3.15. The second-order valence-electron chi connectivity index (χ2n) is 2.34. The van der Waals surface area contributed by atoms with Gasteiger partial charge in [-0.05, 0) is 13.0 Å². The third kappa shape index (κ3) is 0.635. The summed E-state index contributed by atoms with van der Waals surface area (Å²) in [6, 6.07) is 2.02. The van der Waals surface area contributed by atoms with E-state index in [4.69, 9.17) is 0 Å². The predicted octanol–water partition coefficient (Wildman–Crippen LogP) is 1.21. The maximum absolute atomic E-state index is 4.22. The second kappa shape index (κ2) is 1.87. The molecule has 1 aliphatic heterocycles. The lowest BCUT2D eigenvalue weighted by Crippen LogP contribution is -2.11. The van der Waals surface area contributed by atoms with Crippen LogP contribution in [0.25, 0.3) is 0 Å². The van der Waals surface area contributed by atoms with Gasteiger partial charge in [0, 0.05) is 6.20 Å². The number of aromatic amines is 1. The maximum atomic E-state index is 4.22. The molecule has 0 spiro atoms. The van der Waals surface area contributed by atoms with Gasteiger partial charge in [-0.2, -0.15) is 0 Å². The minimum absolute atomic E-state index is 0.705. The molecule has 52 valence electrons. The zero-order chi connectivity index (χ0) is 6.97. The van der Waals surface area contributed by atoms with Crippen molar-refractivity contribution in [2.75, 3.05) is 12.0 Å². The van der Waals surface area contributed by atoms with E-state index in [2.05, 4.69) is 15.3 Å². The van der Waals surface area contributed by atoms with Crippen molar-refractivity contribution in [3.8, 4) is 0 Å². The van der Waals surface area contributed by atoms with E-state index >= 15 is 0 Å². The summed E-state index contributed by atoms with van der Waals surface area (Å²) < 4.78 is 0. The Morgan fingerprint density at radius 3 is 3.30 bits per heavy atom. The monoisotopic (exact) mass is 135 g/mol. The normalized spacial score (nSPS) is 15.5. The van der Waals surface area contributed by atoms with Crippen molar-refractivity contribution in [2.24, 2.45) is 4.99 Å². The van der Waals surface area contributed by atoms with E-state index in [0.29, 0.717) is 6.67 Å². The zero-order valence-corrected chi connectivity index (χ0v) is 5.81. The molecule has 2 rings (SSSR count). The molecule has 2 N–H and O–H groups in total. The molecule has 0 radical (unpaired) electrons. The van der Waals surface area contributed by atoms with Crippen LogP contribution in [-0.2, 0) is 0 Å². The van der Waals surface area contributed by atoms with E-state index in [9.17, 15) is 0 Å². The number of aliphatic imine (C=N–C) groups is 1. The Bertz CT molecular complexity index is 272. The first-order chi connectivity index (χ1) is 4.88. The average molecular weight is 135 g/mol. The molecule has 1 aromatic rings. The highest BCUT2D eigenvalue weighted by atomic mass is 15.1. The van der Waals surface area contributed by atoms with Crippen LogP contribution in [0.2, 0.25) is 0 Å². The molecule has 10 heavy (non-hydrogen) atoms. The van der Waals surface area contributed by atoms with Crippen molar-refractivity contribution in [3.63, 3.8) is 0 Å². The maximum Gasteiger partial charge on any atom is 0.108 e. The minimum Gasteiger partial charge on any atom is -0.364 e. The number of anilines is 1. The van der Waals surface area contributed by atoms with Gasteiger partial charge in [-0.3, -0.25) is 4.99 Å². The Morgan fingerprint density at radius 1 is 1.60 bits per heavy atom. The summed E-state index contributed by atoms with van der Waals surface area (Å²) in [7, 11) is 0. The van der Waals surface area contributed by atoms with Gasteiger partial charge in [-0.15, -0.1) is 0 Å². The number of hydrogen-bond donors (Lipinski definition) is 2. The Morgan fingerprint density at radius 2 is 2.50 bits per heavy atom. The summed E-state index contributed by atoms with van der Waals surface area (Å²) in [4.78, 5) is 7.33. The molecule has 0 unspecified atom stereocenters. The minimum atomic E-state index is 0.705. The van der Waals surface area contributed by atoms with Crippen molar-refractivity contribution < 1.29 is 0 Å². The summed E-state index contributed by atoms with van der Waals surface area (Å²) in [5.41, 5.74) is 3.36. The van der Waals surface area contributed by atoms with Gasteiger partial charge in [0.25, 0.3) is 0 Å². The topological polar surface area (TPSA) is 40.2 Å². The largest absolute Gasteiger partial charge is 0.364 e. The van der Waals surface area contributed by atoms with Gasteiger partial charge in [0.2, 0.25) is 0 Å². The van der Waals surface area contributed by atoms with E-state index in [1.165, 1.54) is 0 Å². The molecule has 0 atom stereocenters. The van der Waals surface area contributed by atoms with E-state index in [0.717, 1.165) is 17.1 Å². The number of H-pyrrole nitrogens is 1. The molecule has 1 aliphatic rings. The van der Waals surface area contributed by atoms with Crippen LogP contribution in [0.15, 0.2) is 17.3 Å². The number of rotatable bonds is 0. The van der Waals surface area contributed by atoms with E-state index < -0.39 is 0 Å². The Hall–Kier alpha value is -1.25. The quantitative estimate of drug-likeness (QED) is 0.551. The number of nitrogens with zero attached hydrogens (tertiary/aromatic N) is 1. The molecule has 0 bridgehead atoms. The fourth-order valence-electron chi connectivity index (χ4n) is 1.14. The number of hydrogen-bond acceptors (Lipinski definition) is 2. The van der Waals surface area contributed by atoms with Crippen LogP contribution < -0.4 is 5.32 Å². The Balaban J connectivity index is 2.55. The molecular formula is C7H9N3. The molecule has 0 fully saturated rings. The fraction of sp³-hybridized carbons (Fsp3) is 0.286. The van der Waals surface area contributed by atoms with Crippen molar-refractivity contribution >= 4 is 11.4 Å². The van der Waals surface area contributed by atoms with Gasteiger partial charge in [-0.1, -0.05) is 0 Å². The van der Waals surface area contributed by atoms with Crippen LogP contribution in [0.3, 0.4) is 0 Å². The van der Waals surface area contributed by atoms with Crippen LogP contribution >= 0.6 is 0 Å². The second-order valence-corrected chi connectivity index (χ2v) is 2.34. The van der Waals surface area contributed by atoms with Crippen LogP contribution in [0, 0.1) is 0 Å². The standard InChI is InChI=1S/C7H9N3/c1-5-7-6(2-3-8-7)10-4-9-5/h2-3,8,10H,4H2,1H3. The molecule has 3 nitrogen and oxygen atoms in total. The van der Waals surface area contributed by atoms with E-state index in [1.54, 1.807) is 0 Å². The van der Waals surface area contributed by atoms with Crippen LogP contribution in [-0.4, -0.2) is 17.4 Å². The number of fused-ring (bicyclic) bond motifs is 1. The first-order valence-electron chi connectivity index (χ1n) is 3.30. The highest BCUT2D eigenvalue weighted by Gasteiger charge is 2.08. The highest BCUT2D eigenvalue weighted by Crippen LogP contribution is 2.16. The van der Waals surface area contributed by atoms with Crippen molar-refractivity contribution in [3.05, 3.63) is 18.0 Å². The lowest BCUT2D eigenvalue weighted by Gasteiger charge is -2.10. The van der Waals surface area contributed by atoms with Gasteiger partial charge in [0.15, 0.2) is 0 Å².